The normalized spacial score (nSPS) is 10.2. The summed E-state index contributed by atoms with van der Waals surface area (Å²) < 4.78 is 0. The first kappa shape index (κ1) is 12.2. The molecule has 0 aliphatic carbocycles. The lowest BCUT2D eigenvalue weighted by atomic mass is 10.3. The number of hydrogen-bond donors (Lipinski definition) is 3. The van der Waals surface area contributed by atoms with Crippen LogP contribution in [-0.4, -0.2) is 31.1 Å². The second-order valence-corrected chi connectivity index (χ2v) is 3.64. The first-order chi connectivity index (χ1) is 8.60. The van der Waals surface area contributed by atoms with E-state index in [0.717, 1.165) is 0 Å². The second kappa shape index (κ2) is 4.94. The maximum absolute atomic E-state index is 11.9. The van der Waals surface area contributed by atoms with E-state index < -0.39 is 5.91 Å². The summed E-state index contributed by atoms with van der Waals surface area (Å²) in [5, 5.41) is 13.6. The SMILES string of the molecule is Cn1nnc(NC(=O)c2nc(NN)ccc2Cl)n1. The lowest BCUT2D eigenvalue weighted by Gasteiger charge is -2.05. The lowest BCUT2D eigenvalue weighted by molar-refractivity contribution is 0.102. The van der Waals surface area contributed by atoms with E-state index in [-0.39, 0.29) is 16.7 Å². The van der Waals surface area contributed by atoms with E-state index in [0.29, 0.717) is 5.82 Å². The molecule has 0 atom stereocenters. The summed E-state index contributed by atoms with van der Waals surface area (Å²) in [4.78, 5) is 17.0. The Morgan fingerprint density at radius 1 is 1.50 bits per heavy atom. The Balaban J connectivity index is 2.23. The number of nitrogens with one attached hydrogen (secondary N) is 2. The molecule has 2 rings (SSSR count). The average Bonchev–Trinajstić information content (AvgIpc) is 2.75. The van der Waals surface area contributed by atoms with Gasteiger partial charge in [0.1, 0.15) is 11.5 Å². The molecule has 0 bridgehead atoms. The Kier molecular flexibility index (Phi) is 3.35. The molecule has 4 N–H and O–H groups in total. The van der Waals surface area contributed by atoms with Gasteiger partial charge in [-0.15, -0.1) is 5.10 Å². The van der Waals surface area contributed by atoms with Crippen LogP contribution in [-0.2, 0) is 7.05 Å². The van der Waals surface area contributed by atoms with Gasteiger partial charge >= 0.3 is 0 Å². The highest BCUT2D eigenvalue weighted by Crippen LogP contribution is 2.17. The molecular formula is C8H9ClN8O. The molecule has 2 aromatic heterocycles. The number of rotatable bonds is 3. The highest BCUT2D eigenvalue weighted by atomic mass is 35.5. The van der Waals surface area contributed by atoms with Crippen molar-refractivity contribution in [1.29, 1.82) is 0 Å². The predicted octanol–water partition coefficient (Wildman–Crippen LogP) is -0.204. The van der Waals surface area contributed by atoms with Crippen molar-refractivity contribution in [2.45, 2.75) is 0 Å². The third kappa shape index (κ3) is 2.52. The topological polar surface area (TPSA) is 124 Å². The maximum Gasteiger partial charge on any atom is 0.278 e. The maximum atomic E-state index is 11.9. The van der Waals surface area contributed by atoms with E-state index in [4.69, 9.17) is 17.4 Å². The van der Waals surface area contributed by atoms with Crippen LogP contribution in [0.15, 0.2) is 12.1 Å². The molecule has 0 aliphatic heterocycles. The van der Waals surface area contributed by atoms with Crippen molar-refractivity contribution in [3.63, 3.8) is 0 Å². The van der Waals surface area contributed by atoms with Gasteiger partial charge in [-0.2, -0.15) is 4.80 Å². The van der Waals surface area contributed by atoms with Crippen molar-refractivity contribution in [2.75, 3.05) is 10.7 Å². The van der Waals surface area contributed by atoms with E-state index in [1.165, 1.54) is 10.9 Å². The van der Waals surface area contributed by atoms with Crippen LogP contribution < -0.4 is 16.6 Å². The summed E-state index contributed by atoms with van der Waals surface area (Å²) in [6, 6.07) is 3.04. The molecule has 10 heteroatoms. The summed E-state index contributed by atoms with van der Waals surface area (Å²) >= 11 is 5.87. The predicted molar refractivity (Wildman–Crippen MR) is 63.8 cm³/mol. The molecule has 1 amide bonds. The monoisotopic (exact) mass is 268 g/mol. The molecule has 0 spiro atoms. The van der Waals surface area contributed by atoms with Crippen LogP contribution in [0.4, 0.5) is 11.8 Å². The van der Waals surface area contributed by atoms with Gasteiger partial charge in [-0.1, -0.05) is 16.7 Å². The first-order valence-corrected chi connectivity index (χ1v) is 5.16. The summed E-state index contributed by atoms with van der Waals surface area (Å²) in [5.74, 6) is 5.03. The molecular weight excluding hydrogens is 260 g/mol. The molecule has 9 nitrogen and oxygen atoms in total. The Labute approximate surface area is 106 Å². The molecule has 0 fully saturated rings. The lowest BCUT2D eigenvalue weighted by Crippen LogP contribution is -2.17. The number of amides is 1. The number of halogens is 1. The van der Waals surface area contributed by atoms with Gasteiger partial charge in [-0.3, -0.25) is 10.1 Å². The van der Waals surface area contributed by atoms with Gasteiger partial charge < -0.3 is 5.43 Å². The standard InChI is InChI=1S/C8H9ClN8O/c1-17-15-8(14-16-17)12-7(18)6-4(9)2-3-5(11-6)13-10/h2-3H,10H2,1H3,(H,11,13)(H,12,15,18). The smallest absolute Gasteiger partial charge is 0.278 e. The van der Waals surface area contributed by atoms with Crippen molar-refractivity contribution in [3.8, 4) is 0 Å². The number of aromatic nitrogens is 5. The van der Waals surface area contributed by atoms with Crippen molar-refractivity contribution < 1.29 is 4.79 Å². The van der Waals surface area contributed by atoms with Crippen molar-refractivity contribution in [2.24, 2.45) is 12.9 Å². The van der Waals surface area contributed by atoms with Crippen molar-refractivity contribution in [3.05, 3.63) is 22.8 Å². The van der Waals surface area contributed by atoms with E-state index in [1.807, 2.05) is 0 Å². The largest absolute Gasteiger partial charge is 0.308 e. The summed E-state index contributed by atoms with van der Waals surface area (Å²) in [7, 11) is 1.58. The number of nitrogens with zero attached hydrogens (tertiary/aromatic N) is 5. The number of pyridine rings is 1. The minimum Gasteiger partial charge on any atom is -0.308 e. The molecule has 2 heterocycles. The average molecular weight is 269 g/mol. The molecule has 0 saturated carbocycles. The van der Waals surface area contributed by atoms with E-state index in [1.54, 1.807) is 13.1 Å². The number of carbonyl (C=O) groups excluding carboxylic acids is 1. The number of hydrazine groups is 1. The van der Waals surface area contributed by atoms with E-state index in [9.17, 15) is 4.79 Å². The van der Waals surface area contributed by atoms with Crippen molar-refractivity contribution in [1.82, 2.24) is 25.2 Å². The zero-order valence-corrected chi connectivity index (χ0v) is 10.0. The number of carbonyl (C=O) groups is 1. The molecule has 0 aliphatic rings. The van der Waals surface area contributed by atoms with Crippen LogP contribution in [0, 0.1) is 0 Å². The Morgan fingerprint density at radius 2 is 2.28 bits per heavy atom. The third-order valence-corrected chi connectivity index (χ3v) is 2.25. The molecule has 0 aromatic carbocycles. The van der Waals surface area contributed by atoms with Gasteiger partial charge in [0.25, 0.3) is 11.9 Å². The van der Waals surface area contributed by atoms with Crippen LogP contribution in [0.3, 0.4) is 0 Å². The minimum atomic E-state index is -0.551. The highest BCUT2D eigenvalue weighted by Gasteiger charge is 2.15. The molecule has 0 saturated heterocycles. The highest BCUT2D eigenvalue weighted by molar-refractivity contribution is 6.34. The van der Waals surface area contributed by atoms with Crippen LogP contribution >= 0.6 is 11.6 Å². The fraction of sp³-hybridized carbons (Fsp3) is 0.125. The van der Waals surface area contributed by atoms with Gasteiger partial charge in [0.15, 0.2) is 0 Å². The number of hydrogen-bond acceptors (Lipinski definition) is 7. The number of tetrazole rings is 1. The molecule has 0 radical (unpaired) electrons. The Bertz CT molecular complexity index is 582. The number of nitrogens with two attached hydrogens (primary N) is 1. The van der Waals surface area contributed by atoms with E-state index in [2.05, 4.69) is 31.1 Å². The van der Waals surface area contributed by atoms with Gasteiger partial charge in [0.2, 0.25) is 0 Å². The molecule has 18 heavy (non-hydrogen) atoms. The number of aryl methyl sites for hydroxylation is 1. The summed E-state index contributed by atoms with van der Waals surface area (Å²) in [6.07, 6.45) is 0. The van der Waals surface area contributed by atoms with Gasteiger partial charge in [0, 0.05) is 0 Å². The quantitative estimate of drug-likeness (QED) is 0.520. The number of nitrogen functional groups attached to an aromatic ring is 1. The molecule has 94 valence electrons. The first-order valence-electron chi connectivity index (χ1n) is 4.78. The summed E-state index contributed by atoms with van der Waals surface area (Å²) in [6.45, 7) is 0. The molecule has 0 unspecified atom stereocenters. The Morgan fingerprint density at radius 3 is 2.89 bits per heavy atom. The second-order valence-electron chi connectivity index (χ2n) is 3.23. The number of anilines is 2. The van der Waals surface area contributed by atoms with Crippen LogP contribution in [0.25, 0.3) is 0 Å². The molecule has 2 aromatic rings. The van der Waals surface area contributed by atoms with Gasteiger partial charge in [-0.05, 0) is 17.3 Å². The fourth-order valence-corrected chi connectivity index (χ4v) is 1.37. The zero-order chi connectivity index (χ0) is 13.1. The van der Waals surface area contributed by atoms with Crippen LogP contribution in [0.2, 0.25) is 5.02 Å². The fourth-order valence-electron chi connectivity index (χ4n) is 1.18. The van der Waals surface area contributed by atoms with E-state index >= 15 is 0 Å². The van der Waals surface area contributed by atoms with Crippen LogP contribution in [0.1, 0.15) is 10.5 Å². The third-order valence-electron chi connectivity index (χ3n) is 1.94. The van der Waals surface area contributed by atoms with Gasteiger partial charge in [-0.25, -0.2) is 10.8 Å². The van der Waals surface area contributed by atoms with Gasteiger partial charge in [0.05, 0.1) is 12.1 Å². The Hall–Kier alpha value is -2.26. The summed E-state index contributed by atoms with van der Waals surface area (Å²) in [5.41, 5.74) is 2.33. The minimum absolute atomic E-state index is 0.0135. The van der Waals surface area contributed by atoms with Crippen molar-refractivity contribution >= 4 is 29.3 Å². The zero-order valence-electron chi connectivity index (χ0n) is 9.25. The van der Waals surface area contributed by atoms with Crippen LogP contribution in [0.5, 0.6) is 0 Å².